The summed E-state index contributed by atoms with van der Waals surface area (Å²) in [6.45, 7) is 3.13. The molecule has 1 aromatic heterocycles. The Balaban J connectivity index is 1.62. The minimum absolute atomic E-state index is 0.000484. The number of benzene rings is 1. The number of hydrogen-bond acceptors (Lipinski definition) is 6. The molecule has 0 spiro atoms. The summed E-state index contributed by atoms with van der Waals surface area (Å²) in [6, 6.07) is 5.86. The van der Waals surface area contributed by atoms with Crippen molar-refractivity contribution in [2.75, 3.05) is 46.1 Å². The van der Waals surface area contributed by atoms with Crippen molar-refractivity contribution >= 4 is 38.2 Å². The quantitative estimate of drug-likeness (QED) is 0.696. The fourth-order valence-corrected chi connectivity index (χ4v) is 6.48. The van der Waals surface area contributed by atoms with Gasteiger partial charge >= 0.3 is 0 Å². The maximum absolute atomic E-state index is 13.5. The molecule has 178 valence electrons. The van der Waals surface area contributed by atoms with E-state index < -0.39 is 10.0 Å². The number of piperidine rings is 1. The van der Waals surface area contributed by atoms with Crippen LogP contribution in [0.1, 0.15) is 50.4 Å². The van der Waals surface area contributed by atoms with Gasteiger partial charge in [-0.1, -0.05) is 0 Å². The summed E-state index contributed by atoms with van der Waals surface area (Å²) in [7, 11) is 1.42. The third kappa shape index (κ3) is 4.84. The first kappa shape index (κ1) is 23.9. The molecule has 0 radical (unpaired) electrons. The van der Waals surface area contributed by atoms with Crippen molar-refractivity contribution in [2.45, 2.75) is 37.1 Å². The first-order chi connectivity index (χ1) is 15.7. The zero-order valence-corrected chi connectivity index (χ0v) is 20.9. The van der Waals surface area contributed by atoms with E-state index in [-0.39, 0.29) is 16.7 Å². The first-order valence-electron chi connectivity index (χ1n) is 11.1. The van der Waals surface area contributed by atoms with Crippen LogP contribution in [0.5, 0.6) is 0 Å². The van der Waals surface area contributed by atoms with Crippen molar-refractivity contribution in [1.29, 1.82) is 0 Å². The summed E-state index contributed by atoms with van der Waals surface area (Å²) in [5.41, 5.74) is 2.02. The van der Waals surface area contributed by atoms with Crippen molar-refractivity contribution in [2.24, 2.45) is 0 Å². The first-order valence-corrected chi connectivity index (χ1v) is 13.4. The second-order valence-corrected chi connectivity index (χ2v) is 12.1. The van der Waals surface area contributed by atoms with Gasteiger partial charge in [-0.05, 0) is 62.6 Å². The van der Waals surface area contributed by atoms with Crippen molar-refractivity contribution in [3.05, 3.63) is 45.8 Å². The number of amides is 2. The molecule has 1 aromatic carbocycles. The molecule has 1 saturated heterocycles. The number of nitrogens with one attached hydrogen (secondary N) is 1. The fourth-order valence-electron chi connectivity index (χ4n) is 4.27. The molecule has 33 heavy (non-hydrogen) atoms. The Morgan fingerprint density at radius 1 is 1.03 bits per heavy atom. The van der Waals surface area contributed by atoms with Crippen LogP contribution in [0.15, 0.2) is 29.2 Å². The molecule has 2 amide bonds. The highest BCUT2D eigenvalue weighted by molar-refractivity contribution is 7.89. The van der Waals surface area contributed by atoms with Gasteiger partial charge in [-0.2, -0.15) is 0 Å². The van der Waals surface area contributed by atoms with Crippen LogP contribution in [-0.2, 0) is 23.0 Å². The van der Waals surface area contributed by atoms with Gasteiger partial charge in [-0.25, -0.2) is 12.7 Å². The Kier molecular flexibility index (Phi) is 6.90. The highest BCUT2D eigenvalue weighted by atomic mass is 32.2. The molecule has 2 aliphatic heterocycles. The molecule has 0 unspecified atom stereocenters. The number of anilines is 1. The van der Waals surface area contributed by atoms with Gasteiger partial charge in [0.05, 0.1) is 10.5 Å². The molecular formula is C23H30N4O4S2. The van der Waals surface area contributed by atoms with Crippen LogP contribution in [0, 0.1) is 0 Å². The highest BCUT2D eigenvalue weighted by Gasteiger charge is 2.31. The number of nitrogens with zero attached hydrogens (tertiary/aromatic N) is 3. The lowest BCUT2D eigenvalue weighted by Crippen LogP contribution is -2.37. The van der Waals surface area contributed by atoms with Gasteiger partial charge in [0.1, 0.15) is 5.00 Å². The third-order valence-corrected chi connectivity index (χ3v) is 9.19. The predicted molar refractivity (Wildman–Crippen MR) is 129 cm³/mol. The SMILES string of the molecule is CN1CCc2c(sc(NC(=O)c3ccc(S(=O)(=O)N(C)C)cc3)c2C(=O)N2CCCCC2)C1. The van der Waals surface area contributed by atoms with Crippen molar-refractivity contribution in [3.63, 3.8) is 0 Å². The Morgan fingerprint density at radius 2 is 1.70 bits per heavy atom. The number of sulfonamides is 1. The Labute approximate surface area is 199 Å². The molecule has 0 saturated carbocycles. The van der Waals surface area contributed by atoms with Gasteiger partial charge in [0, 0.05) is 50.7 Å². The van der Waals surface area contributed by atoms with Gasteiger partial charge < -0.3 is 15.1 Å². The van der Waals surface area contributed by atoms with E-state index >= 15 is 0 Å². The maximum Gasteiger partial charge on any atom is 0.257 e. The second-order valence-electron chi connectivity index (χ2n) is 8.81. The third-order valence-electron chi connectivity index (χ3n) is 6.23. The van der Waals surface area contributed by atoms with E-state index in [2.05, 4.69) is 17.3 Å². The van der Waals surface area contributed by atoms with Crippen LogP contribution < -0.4 is 5.32 Å². The minimum atomic E-state index is -3.57. The number of thiophene rings is 1. The number of carbonyl (C=O) groups is 2. The van der Waals surface area contributed by atoms with Crippen molar-refractivity contribution < 1.29 is 18.0 Å². The zero-order valence-electron chi connectivity index (χ0n) is 19.3. The summed E-state index contributed by atoms with van der Waals surface area (Å²) < 4.78 is 25.7. The molecule has 10 heteroatoms. The van der Waals surface area contributed by atoms with Crippen molar-refractivity contribution in [1.82, 2.24) is 14.1 Å². The number of likely N-dealkylation sites (N-methyl/N-ethyl adjacent to an activating group) is 1. The number of rotatable bonds is 5. The minimum Gasteiger partial charge on any atom is -0.339 e. The van der Waals surface area contributed by atoms with Crippen LogP contribution in [0.4, 0.5) is 5.00 Å². The van der Waals surface area contributed by atoms with E-state index in [1.54, 1.807) is 0 Å². The fraction of sp³-hybridized carbons (Fsp3) is 0.478. The second kappa shape index (κ2) is 9.54. The van der Waals surface area contributed by atoms with Crippen LogP contribution in [0.25, 0.3) is 0 Å². The number of likely N-dealkylation sites (tertiary alicyclic amines) is 1. The molecule has 0 aliphatic carbocycles. The van der Waals surface area contributed by atoms with E-state index in [1.165, 1.54) is 49.7 Å². The molecule has 4 rings (SSSR count). The molecule has 3 heterocycles. The van der Waals surface area contributed by atoms with E-state index in [4.69, 9.17) is 0 Å². The topological polar surface area (TPSA) is 90.0 Å². The maximum atomic E-state index is 13.5. The Bertz CT molecular complexity index is 1150. The van der Waals surface area contributed by atoms with Gasteiger partial charge in [-0.3, -0.25) is 9.59 Å². The lowest BCUT2D eigenvalue weighted by molar-refractivity contribution is 0.0724. The van der Waals surface area contributed by atoms with Gasteiger partial charge in [-0.15, -0.1) is 11.3 Å². The number of carbonyl (C=O) groups excluding carboxylic acids is 2. The van der Waals surface area contributed by atoms with Crippen LogP contribution in [0.2, 0.25) is 0 Å². The lowest BCUT2D eigenvalue weighted by Gasteiger charge is -2.28. The monoisotopic (exact) mass is 490 g/mol. The predicted octanol–water partition coefficient (Wildman–Crippen LogP) is 2.86. The standard InChI is InChI=1S/C23H30N4O4S2/c1-25(2)33(30,31)17-9-7-16(8-10-17)21(28)24-22-20(23(29)27-12-5-4-6-13-27)18-11-14-26(3)15-19(18)32-22/h7-10H,4-6,11-15H2,1-3H3,(H,24,28). The van der Waals surface area contributed by atoms with Crippen molar-refractivity contribution in [3.8, 4) is 0 Å². The lowest BCUT2D eigenvalue weighted by atomic mass is 10.0. The molecule has 1 N–H and O–H groups in total. The van der Waals surface area contributed by atoms with E-state index in [1.807, 2.05) is 4.90 Å². The summed E-state index contributed by atoms with van der Waals surface area (Å²) in [5, 5.41) is 3.54. The summed E-state index contributed by atoms with van der Waals surface area (Å²) in [5.74, 6) is -0.358. The largest absolute Gasteiger partial charge is 0.339 e. The number of hydrogen-bond donors (Lipinski definition) is 1. The average Bonchev–Trinajstić information content (AvgIpc) is 3.15. The summed E-state index contributed by atoms with van der Waals surface area (Å²) in [6.07, 6.45) is 3.93. The van der Waals surface area contributed by atoms with E-state index in [0.717, 1.165) is 66.6 Å². The molecule has 2 aliphatic rings. The number of fused-ring (bicyclic) bond motifs is 1. The molecule has 0 atom stereocenters. The molecule has 8 nitrogen and oxygen atoms in total. The zero-order chi connectivity index (χ0) is 23.8. The molecule has 2 aromatic rings. The summed E-state index contributed by atoms with van der Waals surface area (Å²) >= 11 is 1.47. The molecule has 0 bridgehead atoms. The average molecular weight is 491 g/mol. The van der Waals surface area contributed by atoms with Crippen LogP contribution in [-0.4, -0.2) is 75.1 Å². The van der Waals surface area contributed by atoms with Gasteiger partial charge in [0.15, 0.2) is 0 Å². The van der Waals surface area contributed by atoms with Crippen LogP contribution >= 0.6 is 11.3 Å². The Hall–Kier alpha value is -2.27. The van der Waals surface area contributed by atoms with Gasteiger partial charge in [0.25, 0.3) is 11.8 Å². The molecular weight excluding hydrogens is 460 g/mol. The van der Waals surface area contributed by atoms with E-state index in [0.29, 0.717) is 16.1 Å². The highest BCUT2D eigenvalue weighted by Crippen LogP contribution is 2.38. The van der Waals surface area contributed by atoms with E-state index in [9.17, 15) is 18.0 Å². The Morgan fingerprint density at radius 3 is 2.33 bits per heavy atom. The normalized spacial score (nSPS) is 17.2. The molecule has 1 fully saturated rings. The van der Waals surface area contributed by atoms with Gasteiger partial charge in [0.2, 0.25) is 10.0 Å². The smallest absolute Gasteiger partial charge is 0.257 e. The summed E-state index contributed by atoms with van der Waals surface area (Å²) in [4.78, 5) is 31.9. The van der Waals surface area contributed by atoms with Crippen LogP contribution in [0.3, 0.4) is 0 Å².